The van der Waals surface area contributed by atoms with Gasteiger partial charge in [0.25, 0.3) is 0 Å². The zero-order valence-corrected chi connectivity index (χ0v) is 11.6. The van der Waals surface area contributed by atoms with Gasteiger partial charge in [0.15, 0.2) is 5.78 Å². The van der Waals surface area contributed by atoms with Crippen molar-refractivity contribution >= 4 is 5.78 Å². The van der Waals surface area contributed by atoms with Crippen LogP contribution in [0, 0.1) is 13.8 Å². The van der Waals surface area contributed by atoms with Crippen LogP contribution in [0.1, 0.15) is 34.0 Å². The Morgan fingerprint density at radius 3 is 2.37 bits per heavy atom. The number of hydrogen-bond donors (Lipinski definition) is 0. The Kier molecular flexibility index (Phi) is 4.00. The summed E-state index contributed by atoms with van der Waals surface area (Å²) in [7, 11) is 0. The monoisotopic (exact) mass is 254 g/mol. The predicted molar refractivity (Wildman–Crippen MR) is 77.0 cm³/mol. The summed E-state index contributed by atoms with van der Waals surface area (Å²) in [6.45, 7) is 6.52. The Morgan fingerprint density at radius 1 is 1.05 bits per heavy atom. The number of aryl methyl sites for hydroxylation is 2. The summed E-state index contributed by atoms with van der Waals surface area (Å²) in [5.74, 6) is 0.851. The lowest BCUT2D eigenvalue weighted by atomic mass is 9.97. The molecule has 0 fully saturated rings. The molecule has 0 aromatic heterocycles. The SMILES string of the molecule is CCOc1ccc(C(=O)c2cc(C)ccc2C)cc1. The van der Waals surface area contributed by atoms with Crippen molar-refractivity contribution in [2.24, 2.45) is 0 Å². The van der Waals surface area contributed by atoms with Crippen LogP contribution in [0.5, 0.6) is 5.75 Å². The van der Waals surface area contributed by atoms with Crippen LogP contribution in [0.4, 0.5) is 0 Å². The van der Waals surface area contributed by atoms with Crippen molar-refractivity contribution in [1.29, 1.82) is 0 Å². The molecule has 0 saturated heterocycles. The molecule has 0 aliphatic rings. The van der Waals surface area contributed by atoms with Crippen LogP contribution < -0.4 is 4.74 Å². The van der Waals surface area contributed by atoms with Gasteiger partial charge in [0.05, 0.1) is 6.61 Å². The van der Waals surface area contributed by atoms with Crippen molar-refractivity contribution in [3.63, 3.8) is 0 Å². The lowest BCUT2D eigenvalue weighted by molar-refractivity contribution is 0.103. The van der Waals surface area contributed by atoms with Crippen molar-refractivity contribution in [3.8, 4) is 5.75 Å². The highest BCUT2D eigenvalue weighted by Crippen LogP contribution is 2.18. The van der Waals surface area contributed by atoms with Gasteiger partial charge < -0.3 is 4.74 Å². The van der Waals surface area contributed by atoms with E-state index < -0.39 is 0 Å². The van der Waals surface area contributed by atoms with Gasteiger partial charge in [-0.2, -0.15) is 0 Å². The summed E-state index contributed by atoms with van der Waals surface area (Å²) >= 11 is 0. The van der Waals surface area contributed by atoms with Crippen molar-refractivity contribution < 1.29 is 9.53 Å². The van der Waals surface area contributed by atoms with E-state index in [0.29, 0.717) is 12.2 Å². The van der Waals surface area contributed by atoms with Gasteiger partial charge in [-0.05, 0) is 56.7 Å². The van der Waals surface area contributed by atoms with Gasteiger partial charge in [0, 0.05) is 11.1 Å². The lowest BCUT2D eigenvalue weighted by Crippen LogP contribution is -2.04. The van der Waals surface area contributed by atoms with Crippen molar-refractivity contribution in [1.82, 2.24) is 0 Å². The molecule has 0 aliphatic heterocycles. The average molecular weight is 254 g/mol. The number of rotatable bonds is 4. The van der Waals surface area contributed by atoms with Crippen molar-refractivity contribution in [2.75, 3.05) is 6.61 Å². The number of carbonyl (C=O) groups is 1. The molecule has 0 unspecified atom stereocenters. The number of carbonyl (C=O) groups excluding carboxylic acids is 1. The number of ketones is 1. The van der Waals surface area contributed by atoms with Gasteiger partial charge in [0.2, 0.25) is 0 Å². The Balaban J connectivity index is 2.30. The van der Waals surface area contributed by atoms with Crippen molar-refractivity contribution in [2.45, 2.75) is 20.8 Å². The second-order valence-corrected chi connectivity index (χ2v) is 4.60. The van der Waals surface area contributed by atoms with Crippen LogP contribution >= 0.6 is 0 Å². The fourth-order valence-corrected chi connectivity index (χ4v) is 2.01. The second-order valence-electron chi connectivity index (χ2n) is 4.60. The first-order valence-corrected chi connectivity index (χ1v) is 6.46. The number of ether oxygens (including phenoxy) is 1. The molecule has 0 amide bonds. The molecule has 0 aliphatic carbocycles. The predicted octanol–water partition coefficient (Wildman–Crippen LogP) is 3.93. The average Bonchev–Trinajstić information content (AvgIpc) is 2.42. The maximum atomic E-state index is 12.4. The van der Waals surface area contributed by atoms with Crippen LogP contribution in [-0.4, -0.2) is 12.4 Å². The summed E-state index contributed by atoms with van der Waals surface area (Å²) in [5.41, 5.74) is 3.56. The molecule has 0 N–H and O–H groups in total. The Hall–Kier alpha value is -2.09. The van der Waals surface area contributed by atoms with E-state index in [0.717, 1.165) is 22.4 Å². The Morgan fingerprint density at radius 2 is 1.74 bits per heavy atom. The lowest BCUT2D eigenvalue weighted by Gasteiger charge is -2.07. The van der Waals surface area contributed by atoms with E-state index in [1.165, 1.54) is 0 Å². The molecule has 0 spiro atoms. The standard InChI is InChI=1S/C17H18O2/c1-4-19-15-9-7-14(8-10-15)17(18)16-11-12(2)5-6-13(16)3/h5-11H,4H2,1-3H3. The topological polar surface area (TPSA) is 26.3 Å². The molecule has 2 nitrogen and oxygen atoms in total. The van der Waals surface area contributed by atoms with E-state index in [4.69, 9.17) is 4.74 Å². The molecule has 2 aromatic rings. The fourth-order valence-electron chi connectivity index (χ4n) is 2.01. The molecular formula is C17H18O2. The van der Waals surface area contributed by atoms with Crippen LogP contribution in [0.25, 0.3) is 0 Å². The Bertz CT molecular complexity index is 583. The van der Waals surface area contributed by atoms with E-state index in [1.54, 1.807) is 0 Å². The molecular weight excluding hydrogens is 236 g/mol. The summed E-state index contributed by atoms with van der Waals surface area (Å²) in [5, 5.41) is 0. The molecule has 19 heavy (non-hydrogen) atoms. The highest BCUT2D eigenvalue weighted by molar-refractivity contribution is 6.10. The van der Waals surface area contributed by atoms with E-state index in [2.05, 4.69) is 0 Å². The first kappa shape index (κ1) is 13.3. The zero-order chi connectivity index (χ0) is 13.8. The fraction of sp³-hybridized carbons (Fsp3) is 0.235. The minimum absolute atomic E-state index is 0.0595. The smallest absolute Gasteiger partial charge is 0.193 e. The van der Waals surface area contributed by atoms with Gasteiger partial charge in [0.1, 0.15) is 5.75 Å². The maximum Gasteiger partial charge on any atom is 0.193 e. The Labute approximate surface area is 114 Å². The van der Waals surface area contributed by atoms with Crippen LogP contribution in [-0.2, 0) is 0 Å². The van der Waals surface area contributed by atoms with Crippen molar-refractivity contribution in [3.05, 3.63) is 64.7 Å². The van der Waals surface area contributed by atoms with E-state index in [9.17, 15) is 4.79 Å². The summed E-state index contributed by atoms with van der Waals surface area (Å²) < 4.78 is 5.38. The number of benzene rings is 2. The number of hydrogen-bond acceptors (Lipinski definition) is 2. The third-order valence-corrected chi connectivity index (χ3v) is 3.07. The molecule has 2 rings (SSSR count). The zero-order valence-electron chi connectivity index (χ0n) is 11.6. The molecule has 98 valence electrons. The minimum atomic E-state index is 0.0595. The molecule has 2 aromatic carbocycles. The molecule has 0 atom stereocenters. The van der Waals surface area contributed by atoms with Gasteiger partial charge in [-0.25, -0.2) is 0 Å². The molecule has 0 heterocycles. The van der Waals surface area contributed by atoms with Crippen LogP contribution in [0.3, 0.4) is 0 Å². The van der Waals surface area contributed by atoms with E-state index in [-0.39, 0.29) is 5.78 Å². The summed E-state index contributed by atoms with van der Waals surface area (Å²) in [6.07, 6.45) is 0. The van der Waals surface area contributed by atoms with Gasteiger partial charge in [-0.3, -0.25) is 4.79 Å². The van der Waals surface area contributed by atoms with E-state index in [1.807, 2.05) is 63.2 Å². The highest BCUT2D eigenvalue weighted by Gasteiger charge is 2.11. The molecule has 2 heteroatoms. The third kappa shape index (κ3) is 3.02. The van der Waals surface area contributed by atoms with Gasteiger partial charge in [-0.1, -0.05) is 17.7 Å². The van der Waals surface area contributed by atoms with Gasteiger partial charge in [-0.15, -0.1) is 0 Å². The van der Waals surface area contributed by atoms with Gasteiger partial charge >= 0.3 is 0 Å². The van der Waals surface area contributed by atoms with Crippen LogP contribution in [0.2, 0.25) is 0 Å². The first-order chi connectivity index (χ1) is 9.11. The summed E-state index contributed by atoms with van der Waals surface area (Å²) in [4.78, 5) is 12.4. The molecule has 0 bridgehead atoms. The van der Waals surface area contributed by atoms with E-state index >= 15 is 0 Å². The maximum absolute atomic E-state index is 12.4. The normalized spacial score (nSPS) is 10.3. The molecule has 0 radical (unpaired) electrons. The largest absolute Gasteiger partial charge is 0.494 e. The first-order valence-electron chi connectivity index (χ1n) is 6.46. The molecule has 0 saturated carbocycles. The van der Waals surface area contributed by atoms with Crippen LogP contribution in [0.15, 0.2) is 42.5 Å². The quantitative estimate of drug-likeness (QED) is 0.773. The highest BCUT2D eigenvalue weighted by atomic mass is 16.5. The minimum Gasteiger partial charge on any atom is -0.494 e. The third-order valence-electron chi connectivity index (χ3n) is 3.07. The second kappa shape index (κ2) is 5.70. The summed E-state index contributed by atoms with van der Waals surface area (Å²) in [6, 6.07) is 13.2.